The van der Waals surface area contributed by atoms with Crippen LogP contribution in [0.5, 0.6) is 0 Å². The summed E-state index contributed by atoms with van der Waals surface area (Å²) in [5.41, 5.74) is 4.28. The standard InChI is InChI=1S/C32H41NO5/c1-5-38-29(36)15-14-28(35)32(37)17-16-27-25-12-8-21-18-23(34)11-13-24(21)30(25)26(19-31(27,32)2)20-6-9-22(10-7-20)33(3)4/h6-7,9-10,18,25-27,37H,5,8,11-17,19H2,1-4H3/t25-,26+,27-,31-,32-/m0/s1. The molecule has 5 atom stereocenters. The lowest BCUT2D eigenvalue weighted by atomic mass is 9.50. The van der Waals surface area contributed by atoms with Gasteiger partial charge in [-0.05, 0) is 92.2 Å². The molecular weight excluding hydrogens is 478 g/mol. The van der Waals surface area contributed by atoms with Crippen LogP contribution in [0.3, 0.4) is 0 Å². The molecule has 204 valence electrons. The Labute approximate surface area is 226 Å². The number of allylic oxidation sites excluding steroid dienone is 4. The number of hydrogen-bond acceptors (Lipinski definition) is 6. The summed E-state index contributed by atoms with van der Waals surface area (Å²) in [5, 5.41) is 12.1. The maximum Gasteiger partial charge on any atom is 0.306 e. The third-order valence-corrected chi connectivity index (χ3v) is 10.0. The molecular formula is C32H41NO5. The lowest BCUT2D eigenvalue weighted by Crippen LogP contribution is -2.55. The van der Waals surface area contributed by atoms with Gasteiger partial charge in [-0.1, -0.05) is 24.6 Å². The Bertz CT molecular complexity index is 1190. The molecule has 0 heterocycles. The van der Waals surface area contributed by atoms with Crippen molar-refractivity contribution in [3.63, 3.8) is 0 Å². The largest absolute Gasteiger partial charge is 0.466 e. The minimum atomic E-state index is -1.46. The Morgan fingerprint density at radius 2 is 1.82 bits per heavy atom. The molecule has 0 spiro atoms. The number of hydrogen-bond donors (Lipinski definition) is 1. The van der Waals surface area contributed by atoms with Crippen LogP contribution in [0, 0.1) is 17.3 Å². The van der Waals surface area contributed by atoms with Gasteiger partial charge in [0.05, 0.1) is 13.0 Å². The highest BCUT2D eigenvalue weighted by Crippen LogP contribution is 2.67. The van der Waals surface area contributed by atoms with E-state index in [1.807, 2.05) is 20.2 Å². The van der Waals surface area contributed by atoms with E-state index >= 15 is 0 Å². The second-order valence-electron chi connectivity index (χ2n) is 12.1. The van der Waals surface area contributed by atoms with Crippen LogP contribution in [0.1, 0.15) is 83.1 Å². The van der Waals surface area contributed by atoms with Crippen molar-refractivity contribution in [1.82, 2.24) is 0 Å². The number of nitrogens with zero attached hydrogens (tertiary/aromatic N) is 1. The van der Waals surface area contributed by atoms with Gasteiger partial charge in [0.15, 0.2) is 11.6 Å². The zero-order valence-corrected chi connectivity index (χ0v) is 23.2. The van der Waals surface area contributed by atoms with Crippen molar-refractivity contribution < 1.29 is 24.2 Å². The summed E-state index contributed by atoms with van der Waals surface area (Å²) in [6.45, 7) is 4.15. The Morgan fingerprint density at radius 3 is 2.50 bits per heavy atom. The molecule has 6 nitrogen and oxygen atoms in total. The molecule has 0 unspecified atom stereocenters. The number of esters is 1. The van der Waals surface area contributed by atoms with Crippen molar-refractivity contribution >= 4 is 23.2 Å². The third kappa shape index (κ3) is 4.35. The number of Topliss-reactive ketones (excluding diaryl/α,β-unsaturated/α-hetero) is 1. The minimum absolute atomic E-state index is 0.00602. The van der Waals surface area contributed by atoms with E-state index in [1.165, 1.54) is 22.3 Å². The molecule has 1 N–H and O–H groups in total. The lowest BCUT2D eigenvalue weighted by molar-refractivity contribution is -0.157. The molecule has 2 fully saturated rings. The van der Waals surface area contributed by atoms with Crippen LogP contribution in [0.4, 0.5) is 5.69 Å². The quantitative estimate of drug-likeness (QED) is 0.493. The van der Waals surface area contributed by atoms with Crippen LogP contribution < -0.4 is 4.90 Å². The van der Waals surface area contributed by atoms with E-state index in [9.17, 15) is 19.5 Å². The Kier molecular flexibility index (Phi) is 7.14. The molecule has 0 bridgehead atoms. The Balaban J connectivity index is 1.55. The van der Waals surface area contributed by atoms with Gasteiger partial charge in [-0.15, -0.1) is 0 Å². The molecule has 4 aliphatic carbocycles. The van der Waals surface area contributed by atoms with E-state index in [0.717, 1.165) is 31.4 Å². The van der Waals surface area contributed by atoms with E-state index in [4.69, 9.17) is 4.74 Å². The molecule has 1 aromatic carbocycles. The van der Waals surface area contributed by atoms with Gasteiger partial charge in [0.2, 0.25) is 0 Å². The molecule has 6 heteroatoms. The number of ketones is 2. The normalized spacial score (nSPS) is 32.2. The van der Waals surface area contributed by atoms with E-state index in [2.05, 4.69) is 36.1 Å². The van der Waals surface area contributed by atoms with Crippen LogP contribution in [-0.4, -0.2) is 48.9 Å². The van der Waals surface area contributed by atoms with Gasteiger partial charge in [0.25, 0.3) is 0 Å². The van der Waals surface area contributed by atoms with Gasteiger partial charge in [-0.25, -0.2) is 0 Å². The van der Waals surface area contributed by atoms with E-state index in [-0.39, 0.29) is 48.8 Å². The maximum atomic E-state index is 13.6. The van der Waals surface area contributed by atoms with Crippen molar-refractivity contribution in [2.75, 3.05) is 25.6 Å². The molecule has 1 aromatic rings. The molecule has 4 aliphatic rings. The molecule has 5 rings (SSSR count). The fourth-order valence-electron chi connectivity index (χ4n) is 8.08. The third-order valence-electron chi connectivity index (χ3n) is 10.0. The number of aliphatic hydroxyl groups is 1. The van der Waals surface area contributed by atoms with E-state index in [1.54, 1.807) is 6.92 Å². The summed E-state index contributed by atoms with van der Waals surface area (Å²) in [6.07, 6.45) is 6.95. The van der Waals surface area contributed by atoms with E-state index < -0.39 is 17.0 Å². The first-order valence-corrected chi connectivity index (χ1v) is 14.2. The van der Waals surface area contributed by atoms with Crippen molar-refractivity contribution in [3.05, 3.63) is 52.6 Å². The van der Waals surface area contributed by atoms with Gasteiger partial charge in [-0.2, -0.15) is 0 Å². The summed E-state index contributed by atoms with van der Waals surface area (Å²) < 4.78 is 5.04. The van der Waals surface area contributed by atoms with Crippen LogP contribution in [0.2, 0.25) is 0 Å². The monoisotopic (exact) mass is 519 g/mol. The van der Waals surface area contributed by atoms with E-state index in [0.29, 0.717) is 19.3 Å². The predicted octanol–water partition coefficient (Wildman–Crippen LogP) is 5.30. The van der Waals surface area contributed by atoms with Gasteiger partial charge >= 0.3 is 5.97 Å². The number of rotatable bonds is 7. The molecule has 0 aliphatic heterocycles. The first kappa shape index (κ1) is 26.9. The summed E-state index contributed by atoms with van der Waals surface area (Å²) in [6, 6.07) is 8.66. The van der Waals surface area contributed by atoms with Crippen molar-refractivity contribution in [1.29, 1.82) is 0 Å². The predicted molar refractivity (Wildman–Crippen MR) is 147 cm³/mol. The van der Waals surface area contributed by atoms with Gasteiger partial charge in [0, 0.05) is 44.0 Å². The molecule has 0 saturated heterocycles. The first-order valence-electron chi connectivity index (χ1n) is 14.2. The number of carbonyl (C=O) groups excluding carboxylic acids is 3. The topological polar surface area (TPSA) is 83.9 Å². The molecule has 38 heavy (non-hydrogen) atoms. The molecule has 2 saturated carbocycles. The molecule has 0 radical (unpaired) electrons. The molecule has 0 amide bonds. The number of carbonyl (C=O) groups is 3. The van der Waals surface area contributed by atoms with Gasteiger partial charge in [-0.3, -0.25) is 14.4 Å². The van der Waals surface area contributed by atoms with Crippen LogP contribution in [0.15, 0.2) is 47.1 Å². The number of anilines is 1. The fraction of sp³-hybridized carbons (Fsp3) is 0.594. The lowest BCUT2D eigenvalue weighted by Gasteiger charge is -2.54. The number of fused-ring (bicyclic) bond motifs is 4. The highest BCUT2D eigenvalue weighted by atomic mass is 16.5. The average Bonchev–Trinajstić information content (AvgIpc) is 3.18. The van der Waals surface area contributed by atoms with Crippen LogP contribution >= 0.6 is 0 Å². The van der Waals surface area contributed by atoms with Crippen molar-refractivity contribution in [2.45, 2.75) is 83.2 Å². The zero-order chi connectivity index (χ0) is 27.2. The molecule has 0 aromatic heterocycles. The Hall–Kier alpha value is -2.73. The Morgan fingerprint density at radius 1 is 1.08 bits per heavy atom. The van der Waals surface area contributed by atoms with Crippen LogP contribution in [-0.2, 0) is 19.1 Å². The highest BCUT2D eigenvalue weighted by Gasteiger charge is 2.65. The zero-order valence-electron chi connectivity index (χ0n) is 23.2. The van der Waals surface area contributed by atoms with Gasteiger partial charge in [0.1, 0.15) is 5.60 Å². The smallest absolute Gasteiger partial charge is 0.306 e. The van der Waals surface area contributed by atoms with Crippen LogP contribution in [0.25, 0.3) is 0 Å². The second kappa shape index (κ2) is 10.1. The summed E-state index contributed by atoms with van der Waals surface area (Å²) in [7, 11) is 4.05. The maximum absolute atomic E-state index is 13.6. The highest BCUT2D eigenvalue weighted by molar-refractivity contribution is 5.93. The summed E-state index contributed by atoms with van der Waals surface area (Å²) in [4.78, 5) is 39.9. The second-order valence-corrected chi connectivity index (χ2v) is 12.1. The summed E-state index contributed by atoms with van der Waals surface area (Å²) in [5.74, 6) is 0.146. The van der Waals surface area contributed by atoms with Crippen molar-refractivity contribution in [3.8, 4) is 0 Å². The number of benzene rings is 1. The number of ether oxygens (including phenoxy) is 1. The summed E-state index contributed by atoms with van der Waals surface area (Å²) >= 11 is 0. The minimum Gasteiger partial charge on any atom is -0.466 e. The van der Waals surface area contributed by atoms with Crippen molar-refractivity contribution in [2.24, 2.45) is 17.3 Å². The van der Waals surface area contributed by atoms with Gasteiger partial charge < -0.3 is 14.7 Å². The average molecular weight is 520 g/mol. The fourth-order valence-corrected chi connectivity index (χ4v) is 8.08. The SMILES string of the molecule is CCOC(=O)CCC(=O)[C@@]1(O)CC[C@H]2[C@@H]3CCC4=CC(=O)CCC4=C3[C@@H](c3ccc(N(C)C)cc3)C[C@@]21C. The first-order chi connectivity index (χ1) is 18.1.